The average molecular weight is 473 g/mol. The number of alkyl carbamates (subject to hydrolysis) is 1. The quantitative estimate of drug-likeness (QED) is 0.563. The van der Waals surface area contributed by atoms with Gasteiger partial charge < -0.3 is 24.5 Å². The number of nitrogens with zero attached hydrogens (tertiary/aromatic N) is 2. The number of aliphatic carboxylic acids is 1. The van der Waals surface area contributed by atoms with Gasteiger partial charge in [0.1, 0.15) is 6.61 Å². The van der Waals surface area contributed by atoms with Gasteiger partial charge in [-0.2, -0.15) is 0 Å². The summed E-state index contributed by atoms with van der Waals surface area (Å²) < 4.78 is 10.9. The number of carbonyl (C=O) groups is 3. The number of benzene rings is 2. The molecular weight excluding hydrogens is 450 g/mol. The monoisotopic (exact) mass is 473 g/mol. The first-order valence-corrected chi connectivity index (χ1v) is 11.5. The Morgan fingerprint density at radius 3 is 2.46 bits per heavy atom. The molecule has 3 aromatic rings. The van der Waals surface area contributed by atoms with Gasteiger partial charge in [0.25, 0.3) is 5.91 Å². The van der Waals surface area contributed by atoms with Crippen LogP contribution in [0.25, 0.3) is 11.1 Å². The Kier molecular flexibility index (Phi) is 4.87. The number of piperidine rings is 1. The van der Waals surface area contributed by atoms with E-state index in [1.54, 1.807) is 0 Å². The smallest absolute Gasteiger partial charge is 0.407 e. The van der Waals surface area contributed by atoms with Crippen molar-refractivity contribution in [3.63, 3.8) is 0 Å². The number of hydrogen-bond donors (Lipinski definition) is 2. The maximum Gasteiger partial charge on any atom is 0.407 e. The molecule has 9 nitrogen and oxygen atoms in total. The van der Waals surface area contributed by atoms with Crippen LogP contribution in [0.4, 0.5) is 4.79 Å². The fourth-order valence-electron chi connectivity index (χ4n) is 5.49. The minimum absolute atomic E-state index is 0.0155. The molecule has 2 atom stereocenters. The van der Waals surface area contributed by atoms with Gasteiger partial charge in [0.05, 0.1) is 12.0 Å². The number of likely N-dealkylation sites (tertiary alicyclic amines) is 1. The molecule has 2 heterocycles. The highest BCUT2D eigenvalue weighted by atomic mass is 16.5. The van der Waals surface area contributed by atoms with Crippen molar-refractivity contribution in [3.05, 3.63) is 77.5 Å². The normalized spacial score (nSPS) is 21.7. The number of carbonyl (C=O) groups excluding carboxylic acids is 2. The molecule has 0 spiro atoms. The lowest BCUT2D eigenvalue weighted by atomic mass is 9.98. The zero-order valence-electron chi connectivity index (χ0n) is 18.8. The Labute approximate surface area is 200 Å². The van der Waals surface area contributed by atoms with E-state index in [-0.39, 0.29) is 43.0 Å². The molecule has 1 saturated carbocycles. The molecule has 9 heteroatoms. The van der Waals surface area contributed by atoms with Crippen LogP contribution in [0.5, 0.6) is 0 Å². The summed E-state index contributed by atoms with van der Waals surface area (Å²) in [5, 5.41) is 12.1. The van der Waals surface area contributed by atoms with Crippen molar-refractivity contribution in [2.75, 3.05) is 19.7 Å². The zero-order valence-corrected chi connectivity index (χ0v) is 18.8. The van der Waals surface area contributed by atoms with Gasteiger partial charge in [0.2, 0.25) is 0 Å². The standard InChI is InChI=1S/C26H23N3O6/c30-23(29-11-15-9-26(15,13-29)24(31)32)22-21(35-14-28-22)10-27-25(33)34-12-20-18-7-3-1-5-16(18)17-6-2-4-8-19(17)20/h1-8,14-15,20H,9-13H2,(H,27,33)(H,31,32). The minimum atomic E-state index is -0.866. The number of fused-ring (bicyclic) bond motifs is 4. The number of nitrogens with one attached hydrogen (secondary N) is 1. The second kappa shape index (κ2) is 7.97. The number of aromatic nitrogens is 1. The highest BCUT2D eigenvalue weighted by Crippen LogP contribution is 2.58. The van der Waals surface area contributed by atoms with E-state index in [0.717, 1.165) is 28.6 Å². The summed E-state index contributed by atoms with van der Waals surface area (Å²) in [4.78, 5) is 42.4. The number of ether oxygens (including phenoxy) is 1. The van der Waals surface area contributed by atoms with Crippen molar-refractivity contribution in [1.29, 1.82) is 0 Å². The molecule has 35 heavy (non-hydrogen) atoms. The second-order valence-electron chi connectivity index (χ2n) is 9.35. The average Bonchev–Trinajstić information content (AvgIpc) is 3.20. The second-order valence-corrected chi connectivity index (χ2v) is 9.35. The lowest BCUT2D eigenvalue weighted by molar-refractivity contribution is -0.143. The van der Waals surface area contributed by atoms with Gasteiger partial charge in [-0.05, 0) is 34.6 Å². The summed E-state index contributed by atoms with van der Waals surface area (Å²) in [5.41, 5.74) is 3.78. The lowest BCUT2D eigenvalue weighted by Gasteiger charge is -2.18. The molecule has 2 amide bonds. The van der Waals surface area contributed by atoms with Gasteiger partial charge in [-0.25, -0.2) is 9.78 Å². The first-order valence-electron chi connectivity index (χ1n) is 11.5. The van der Waals surface area contributed by atoms with E-state index in [1.807, 2.05) is 36.4 Å². The van der Waals surface area contributed by atoms with Crippen LogP contribution in [0.1, 0.15) is 39.7 Å². The van der Waals surface area contributed by atoms with E-state index in [2.05, 4.69) is 22.4 Å². The van der Waals surface area contributed by atoms with Crippen LogP contribution in [0.3, 0.4) is 0 Å². The molecule has 3 aliphatic rings. The Morgan fingerprint density at radius 2 is 1.80 bits per heavy atom. The van der Waals surface area contributed by atoms with Crippen molar-refractivity contribution >= 4 is 18.0 Å². The van der Waals surface area contributed by atoms with E-state index in [1.165, 1.54) is 4.90 Å². The number of amides is 2. The van der Waals surface area contributed by atoms with Gasteiger partial charge >= 0.3 is 12.1 Å². The van der Waals surface area contributed by atoms with Crippen LogP contribution in [0, 0.1) is 11.3 Å². The first-order chi connectivity index (χ1) is 17.0. The van der Waals surface area contributed by atoms with E-state index < -0.39 is 23.4 Å². The molecule has 2 fully saturated rings. The van der Waals surface area contributed by atoms with Crippen LogP contribution >= 0.6 is 0 Å². The Balaban J connectivity index is 1.07. The van der Waals surface area contributed by atoms with Crippen molar-refractivity contribution in [3.8, 4) is 11.1 Å². The highest BCUT2D eigenvalue weighted by molar-refractivity contribution is 5.95. The lowest BCUT2D eigenvalue weighted by Crippen LogP contribution is -2.35. The maximum absolute atomic E-state index is 12.9. The van der Waals surface area contributed by atoms with Crippen molar-refractivity contribution < 1.29 is 28.6 Å². The zero-order chi connectivity index (χ0) is 24.2. The molecule has 1 aromatic heterocycles. The molecule has 1 aliphatic heterocycles. The van der Waals surface area contributed by atoms with E-state index >= 15 is 0 Å². The number of oxazole rings is 1. The van der Waals surface area contributed by atoms with Crippen LogP contribution in [-0.2, 0) is 16.1 Å². The van der Waals surface area contributed by atoms with E-state index in [9.17, 15) is 19.5 Å². The maximum atomic E-state index is 12.9. The highest BCUT2D eigenvalue weighted by Gasteiger charge is 2.66. The molecule has 0 radical (unpaired) electrons. The molecule has 2 aromatic carbocycles. The van der Waals surface area contributed by atoms with Gasteiger partial charge in [0, 0.05) is 19.0 Å². The molecule has 2 aliphatic carbocycles. The van der Waals surface area contributed by atoms with Crippen LogP contribution < -0.4 is 5.32 Å². The van der Waals surface area contributed by atoms with Crippen molar-refractivity contribution in [2.45, 2.75) is 18.9 Å². The SMILES string of the molecule is O=C(NCc1ocnc1C(=O)N1CC2CC2(C(=O)O)C1)OCC1c2ccccc2-c2ccccc21. The molecule has 0 bridgehead atoms. The topological polar surface area (TPSA) is 122 Å². The number of carboxylic acids is 1. The van der Waals surface area contributed by atoms with Crippen LogP contribution in [0.15, 0.2) is 59.3 Å². The Bertz CT molecular complexity index is 1300. The summed E-state index contributed by atoms with van der Waals surface area (Å²) in [6, 6.07) is 16.2. The number of hydrogen-bond acceptors (Lipinski definition) is 6. The molecular formula is C26H23N3O6. The van der Waals surface area contributed by atoms with Crippen molar-refractivity contribution in [1.82, 2.24) is 15.2 Å². The van der Waals surface area contributed by atoms with E-state index in [4.69, 9.17) is 9.15 Å². The molecule has 6 rings (SSSR count). The third kappa shape index (κ3) is 3.46. The van der Waals surface area contributed by atoms with E-state index in [0.29, 0.717) is 13.0 Å². The first kappa shape index (κ1) is 21.4. The van der Waals surface area contributed by atoms with Gasteiger partial charge in [-0.3, -0.25) is 9.59 Å². The van der Waals surface area contributed by atoms with Gasteiger partial charge in [-0.15, -0.1) is 0 Å². The third-order valence-corrected chi connectivity index (χ3v) is 7.44. The number of rotatable bonds is 6. The third-order valence-electron chi connectivity index (χ3n) is 7.44. The fourth-order valence-corrected chi connectivity index (χ4v) is 5.49. The summed E-state index contributed by atoms with van der Waals surface area (Å²) in [6.07, 6.45) is 1.11. The summed E-state index contributed by atoms with van der Waals surface area (Å²) >= 11 is 0. The van der Waals surface area contributed by atoms with Crippen LogP contribution in [0.2, 0.25) is 0 Å². The fraction of sp³-hybridized carbons (Fsp3) is 0.308. The summed E-state index contributed by atoms with van der Waals surface area (Å²) in [5.74, 6) is -1.13. The predicted molar refractivity (Wildman–Crippen MR) is 122 cm³/mol. The summed E-state index contributed by atoms with van der Waals surface area (Å²) in [7, 11) is 0. The summed E-state index contributed by atoms with van der Waals surface area (Å²) in [6.45, 7) is 0.656. The molecule has 2 N–H and O–H groups in total. The predicted octanol–water partition coefficient (Wildman–Crippen LogP) is 3.26. The molecule has 1 saturated heterocycles. The van der Waals surface area contributed by atoms with Crippen molar-refractivity contribution in [2.24, 2.45) is 11.3 Å². The minimum Gasteiger partial charge on any atom is -0.481 e. The molecule has 2 unspecified atom stereocenters. The number of carboxylic acid groups (broad SMARTS) is 1. The van der Waals surface area contributed by atoms with Gasteiger partial charge in [0.15, 0.2) is 17.8 Å². The largest absolute Gasteiger partial charge is 0.481 e. The van der Waals surface area contributed by atoms with Gasteiger partial charge in [-0.1, -0.05) is 48.5 Å². The Morgan fingerprint density at radius 1 is 1.11 bits per heavy atom. The Hall–Kier alpha value is -4.14. The van der Waals surface area contributed by atoms with Crippen LogP contribution in [-0.4, -0.2) is 52.7 Å². The molecule has 178 valence electrons.